The minimum atomic E-state index is -4.47. The predicted molar refractivity (Wildman–Crippen MR) is 201 cm³/mol. The third-order valence-corrected chi connectivity index (χ3v) is 13.1. The number of alkyl halides is 6. The van der Waals surface area contributed by atoms with Gasteiger partial charge in [-0.05, 0) is 100.0 Å². The number of halogens is 6. The van der Waals surface area contributed by atoms with Crippen LogP contribution in [0.25, 0.3) is 0 Å². The standard InChI is InChI=1S/2C20H26F3NO2S/c2*1-26-17-10-13(20(21,22)23)11-18(27-2)19(17)16(25)9-12-5-3-8-15(12)24-14-6-4-7-14/h2*10-12,14-15,24H,3-9H2,1-2H3/t2*12-,15-/m10/s1. The minimum Gasteiger partial charge on any atom is -0.496 e. The highest BCUT2D eigenvalue weighted by Gasteiger charge is 2.38. The van der Waals surface area contributed by atoms with Gasteiger partial charge in [0, 0.05) is 46.8 Å². The van der Waals surface area contributed by atoms with Gasteiger partial charge < -0.3 is 20.1 Å². The number of Topliss-reactive ketones (excluding diaryl/α,β-unsaturated/α-hetero) is 2. The van der Waals surface area contributed by atoms with E-state index in [0.29, 0.717) is 46.8 Å². The summed E-state index contributed by atoms with van der Waals surface area (Å²) in [5.41, 5.74) is -1.00. The number of nitrogens with one attached hydrogen (secondary N) is 2. The first-order chi connectivity index (χ1) is 25.7. The van der Waals surface area contributed by atoms with Gasteiger partial charge in [0.25, 0.3) is 0 Å². The lowest BCUT2D eigenvalue weighted by atomic mass is 9.89. The zero-order valence-corrected chi connectivity index (χ0v) is 33.0. The van der Waals surface area contributed by atoms with E-state index in [0.717, 1.165) is 86.3 Å². The number of methoxy groups -OCH3 is 2. The van der Waals surface area contributed by atoms with Crippen LogP contribution in [0.4, 0.5) is 26.3 Å². The minimum absolute atomic E-state index is 0.0145. The van der Waals surface area contributed by atoms with Gasteiger partial charge in [-0.25, -0.2) is 0 Å². The van der Waals surface area contributed by atoms with Crippen molar-refractivity contribution >= 4 is 35.1 Å². The van der Waals surface area contributed by atoms with Crippen molar-refractivity contribution in [2.75, 3.05) is 26.7 Å². The molecule has 2 aromatic rings. The van der Waals surface area contributed by atoms with Crippen LogP contribution in [0.3, 0.4) is 0 Å². The van der Waals surface area contributed by atoms with E-state index in [-0.39, 0.29) is 46.0 Å². The fraction of sp³-hybridized carbons (Fsp3) is 0.650. The van der Waals surface area contributed by atoms with Crippen LogP contribution in [0, 0.1) is 11.8 Å². The molecule has 0 amide bonds. The van der Waals surface area contributed by atoms with E-state index >= 15 is 0 Å². The fourth-order valence-corrected chi connectivity index (χ4v) is 9.46. The average Bonchev–Trinajstić information content (AvgIpc) is 3.74. The number of ketones is 2. The first kappa shape index (κ1) is 42.7. The average molecular weight is 803 g/mol. The summed E-state index contributed by atoms with van der Waals surface area (Å²) in [6, 6.07) is 5.77. The van der Waals surface area contributed by atoms with Crippen molar-refractivity contribution in [2.24, 2.45) is 11.8 Å². The highest BCUT2D eigenvalue weighted by molar-refractivity contribution is 7.99. The van der Waals surface area contributed by atoms with Gasteiger partial charge in [0.15, 0.2) is 11.6 Å². The molecule has 2 aromatic carbocycles. The third-order valence-electron chi connectivity index (χ3n) is 11.5. The molecular formula is C40H52F6N2O4S2. The molecule has 4 aliphatic carbocycles. The summed E-state index contributed by atoms with van der Waals surface area (Å²) in [5, 5.41) is 7.34. The van der Waals surface area contributed by atoms with Gasteiger partial charge in [-0.15, -0.1) is 23.5 Å². The summed E-state index contributed by atoms with van der Waals surface area (Å²) in [5.74, 6) is 0.246. The lowest BCUT2D eigenvalue weighted by Crippen LogP contribution is -2.44. The number of ether oxygens (including phenoxy) is 2. The summed E-state index contributed by atoms with van der Waals surface area (Å²) in [6.45, 7) is 0. The second-order valence-electron chi connectivity index (χ2n) is 14.9. The van der Waals surface area contributed by atoms with Crippen LogP contribution in [0.2, 0.25) is 0 Å². The molecule has 54 heavy (non-hydrogen) atoms. The maximum absolute atomic E-state index is 13.1. The Morgan fingerprint density at radius 3 is 1.24 bits per heavy atom. The molecule has 0 spiro atoms. The number of carbonyl (C=O) groups is 2. The molecule has 2 N–H and O–H groups in total. The Morgan fingerprint density at radius 1 is 0.611 bits per heavy atom. The number of thioether (sulfide) groups is 2. The zero-order chi connectivity index (χ0) is 39.2. The highest BCUT2D eigenvalue weighted by atomic mass is 32.2. The van der Waals surface area contributed by atoms with Gasteiger partial charge >= 0.3 is 12.4 Å². The molecule has 0 heterocycles. The second kappa shape index (κ2) is 18.7. The van der Waals surface area contributed by atoms with Crippen LogP contribution in [-0.4, -0.2) is 62.5 Å². The summed E-state index contributed by atoms with van der Waals surface area (Å²) in [4.78, 5) is 26.7. The van der Waals surface area contributed by atoms with Crippen molar-refractivity contribution in [3.8, 4) is 11.5 Å². The molecule has 4 atom stereocenters. The SMILES string of the molecule is COc1cc(C(F)(F)F)cc(SC)c1C(=O)C[C@@H]1CCC[C@@H]1NC1CCC1.COc1cc(C(F)(F)F)cc(SC)c1C(=O)C[C@H]1CCC[C@H]1NC1CCC1. The molecule has 0 saturated heterocycles. The molecule has 0 aliphatic heterocycles. The van der Waals surface area contributed by atoms with E-state index in [1.165, 1.54) is 52.7 Å². The second-order valence-corrected chi connectivity index (χ2v) is 16.6. The Morgan fingerprint density at radius 2 is 0.963 bits per heavy atom. The van der Waals surface area contributed by atoms with Crippen molar-refractivity contribution in [2.45, 2.75) is 136 Å². The Bertz CT molecular complexity index is 1440. The Balaban J connectivity index is 0.000000208. The number of hydrogen-bond donors (Lipinski definition) is 2. The number of rotatable bonds is 14. The molecule has 6 rings (SSSR count). The monoisotopic (exact) mass is 802 g/mol. The van der Waals surface area contributed by atoms with Crippen molar-refractivity contribution in [1.29, 1.82) is 0 Å². The van der Waals surface area contributed by atoms with E-state index < -0.39 is 23.5 Å². The van der Waals surface area contributed by atoms with E-state index in [9.17, 15) is 35.9 Å². The fourth-order valence-electron chi connectivity index (χ4n) is 8.14. The van der Waals surface area contributed by atoms with Gasteiger partial charge in [-0.3, -0.25) is 9.59 Å². The molecule has 0 unspecified atom stereocenters. The van der Waals surface area contributed by atoms with Crippen molar-refractivity contribution in [3.63, 3.8) is 0 Å². The molecule has 4 aliphatic rings. The lowest BCUT2D eigenvalue weighted by Gasteiger charge is -2.32. The quantitative estimate of drug-likeness (QED) is 0.111. The molecule has 0 radical (unpaired) electrons. The molecule has 300 valence electrons. The highest BCUT2D eigenvalue weighted by Crippen LogP contribution is 2.42. The van der Waals surface area contributed by atoms with E-state index in [2.05, 4.69) is 10.6 Å². The number of benzene rings is 2. The number of carbonyl (C=O) groups excluding carboxylic acids is 2. The van der Waals surface area contributed by atoms with Crippen LogP contribution in [0.1, 0.15) is 122 Å². The molecule has 6 nitrogen and oxygen atoms in total. The largest absolute Gasteiger partial charge is 0.496 e. The summed E-state index contributed by atoms with van der Waals surface area (Å²) in [7, 11) is 2.62. The first-order valence-electron chi connectivity index (χ1n) is 18.9. The zero-order valence-electron chi connectivity index (χ0n) is 31.4. The normalized spacial score (nSPS) is 23.3. The van der Waals surface area contributed by atoms with Crippen LogP contribution in [-0.2, 0) is 12.4 Å². The molecular weight excluding hydrogens is 751 g/mol. The predicted octanol–water partition coefficient (Wildman–Crippen LogP) is 10.6. The van der Waals surface area contributed by atoms with Crippen LogP contribution >= 0.6 is 23.5 Å². The first-order valence-corrected chi connectivity index (χ1v) is 21.4. The molecule has 0 aromatic heterocycles. The van der Waals surface area contributed by atoms with Gasteiger partial charge in [0.2, 0.25) is 0 Å². The maximum Gasteiger partial charge on any atom is 0.416 e. The summed E-state index contributed by atoms with van der Waals surface area (Å²) < 4.78 is 89.2. The van der Waals surface area contributed by atoms with E-state index in [1.54, 1.807) is 12.5 Å². The topological polar surface area (TPSA) is 76.7 Å². The smallest absolute Gasteiger partial charge is 0.416 e. The lowest BCUT2D eigenvalue weighted by molar-refractivity contribution is -0.138. The molecule has 0 bridgehead atoms. The third kappa shape index (κ3) is 10.5. The van der Waals surface area contributed by atoms with Gasteiger partial charge in [-0.2, -0.15) is 26.3 Å². The van der Waals surface area contributed by atoms with Gasteiger partial charge in [-0.1, -0.05) is 25.7 Å². The van der Waals surface area contributed by atoms with Gasteiger partial charge in [0.05, 0.1) is 36.5 Å². The van der Waals surface area contributed by atoms with Crippen molar-refractivity contribution < 1.29 is 45.4 Å². The Kier molecular flexibility index (Phi) is 14.8. The van der Waals surface area contributed by atoms with Crippen LogP contribution in [0.5, 0.6) is 11.5 Å². The van der Waals surface area contributed by atoms with Crippen LogP contribution in [0.15, 0.2) is 34.1 Å². The Hall–Kier alpha value is -2.42. The molecule has 4 saturated carbocycles. The van der Waals surface area contributed by atoms with Crippen molar-refractivity contribution in [1.82, 2.24) is 10.6 Å². The maximum atomic E-state index is 13.1. The van der Waals surface area contributed by atoms with E-state index in [4.69, 9.17) is 9.47 Å². The Labute approximate surface area is 323 Å². The summed E-state index contributed by atoms with van der Waals surface area (Å²) >= 11 is 2.30. The van der Waals surface area contributed by atoms with E-state index in [1.807, 2.05) is 0 Å². The summed E-state index contributed by atoms with van der Waals surface area (Å²) in [6.07, 6.45) is 8.67. The number of hydrogen-bond acceptors (Lipinski definition) is 8. The van der Waals surface area contributed by atoms with Gasteiger partial charge in [0.1, 0.15) is 11.5 Å². The molecule has 4 fully saturated rings. The van der Waals surface area contributed by atoms with Crippen molar-refractivity contribution in [3.05, 3.63) is 46.5 Å². The molecule has 14 heteroatoms. The van der Waals surface area contributed by atoms with Crippen LogP contribution < -0.4 is 20.1 Å².